The van der Waals surface area contributed by atoms with Gasteiger partial charge in [0.25, 0.3) is 5.56 Å². The molecular weight excluding hydrogens is 590 g/mol. The molecule has 1 fully saturated rings. The molecule has 5 rings (SSSR count). The molecule has 0 N–H and O–H groups in total. The number of hydrogen-bond donors (Lipinski definition) is 0. The molecule has 0 unspecified atom stereocenters. The van der Waals surface area contributed by atoms with E-state index in [0.717, 1.165) is 29.5 Å². The number of nitrogens with zero attached hydrogens (tertiary/aromatic N) is 3. The average molecular weight is 625 g/mol. The first-order chi connectivity index (χ1) is 19.4. The SMILES string of the molecule is CCCC1=C(C(=O)OCC)[C@H](c2cc(Br)ccc2OC)n2c(s/c(=C\c3ccc(N4CCCC4)c(C)c3)c2=O)=N1. The molecule has 1 atom stereocenters. The molecular formula is C31H34BrN3O4S. The number of hydrogen-bond acceptors (Lipinski definition) is 7. The van der Waals surface area contributed by atoms with Crippen molar-refractivity contribution in [3.63, 3.8) is 0 Å². The summed E-state index contributed by atoms with van der Waals surface area (Å²) >= 11 is 4.91. The fourth-order valence-electron chi connectivity index (χ4n) is 5.57. The van der Waals surface area contributed by atoms with Crippen LogP contribution in [0.2, 0.25) is 0 Å². The number of fused-ring (bicyclic) bond motifs is 1. The van der Waals surface area contributed by atoms with Crippen molar-refractivity contribution in [1.82, 2.24) is 4.57 Å². The summed E-state index contributed by atoms with van der Waals surface area (Å²) in [5.41, 5.74) is 4.92. The standard InChI is InChI=1S/C31H34BrN3O4S/c1-5-9-23-27(30(37)39-6-2)28(22-18-21(32)11-13-25(22)38-4)35-29(36)26(40-31(35)33-23)17-20-10-12-24(19(3)16-20)34-14-7-8-15-34/h10-13,16-18,28H,5-9,14-15H2,1-4H3/b26-17-/t28-/m0/s1. The highest BCUT2D eigenvalue weighted by atomic mass is 79.9. The van der Waals surface area contributed by atoms with Crippen LogP contribution in [0.1, 0.15) is 62.3 Å². The number of ether oxygens (including phenoxy) is 2. The number of esters is 1. The Hall–Kier alpha value is -3.17. The maximum absolute atomic E-state index is 14.1. The van der Waals surface area contributed by atoms with Gasteiger partial charge in [-0.15, -0.1) is 0 Å². The highest BCUT2D eigenvalue weighted by molar-refractivity contribution is 9.10. The van der Waals surface area contributed by atoms with Crippen LogP contribution in [0.3, 0.4) is 0 Å². The summed E-state index contributed by atoms with van der Waals surface area (Å²) in [7, 11) is 1.59. The lowest BCUT2D eigenvalue weighted by molar-refractivity contribution is -0.139. The topological polar surface area (TPSA) is 73.1 Å². The largest absolute Gasteiger partial charge is 0.496 e. The third kappa shape index (κ3) is 5.41. The quantitative estimate of drug-likeness (QED) is 0.320. The van der Waals surface area contributed by atoms with E-state index in [9.17, 15) is 9.59 Å². The van der Waals surface area contributed by atoms with E-state index >= 15 is 0 Å². The van der Waals surface area contributed by atoms with Gasteiger partial charge >= 0.3 is 5.97 Å². The van der Waals surface area contributed by atoms with Crippen molar-refractivity contribution in [3.05, 3.63) is 88.5 Å². The van der Waals surface area contributed by atoms with Crippen LogP contribution >= 0.6 is 27.3 Å². The predicted molar refractivity (Wildman–Crippen MR) is 163 cm³/mol. The Morgan fingerprint density at radius 1 is 1.18 bits per heavy atom. The smallest absolute Gasteiger partial charge is 0.338 e. The number of benzene rings is 2. The summed E-state index contributed by atoms with van der Waals surface area (Å²) in [6.07, 6.45) is 5.75. The Labute approximate surface area is 246 Å². The fraction of sp³-hybridized carbons (Fsp3) is 0.387. The van der Waals surface area contributed by atoms with Gasteiger partial charge < -0.3 is 14.4 Å². The summed E-state index contributed by atoms with van der Waals surface area (Å²) in [6.45, 7) is 8.33. The molecule has 0 radical (unpaired) electrons. The van der Waals surface area contributed by atoms with Gasteiger partial charge in [-0.2, -0.15) is 0 Å². The second-order valence-corrected chi connectivity index (χ2v) is 12.0. The zero-order valence-corrected chi connectivity index (χ0v) is 25.7. The van der Waals surface area contributed by atoms with E-state index in [1.807, 2.05) is 31.2 Å². The number of methoxy groups -OCH3 is 1. The van der Waals surface area contributed by atoms with Crippen LogP contribution in [-0.2, 0) is 9.53 Å². The first-order valence-corrected chi connectivity index (χ1v) is 15.4. The van der Waals surface area contributed by atoms with Crippen molar-refractivity contribution in [3.8, 4) is 5.75 Å². The van der Waals surface area contributed by atoms with Crippen LogP contribution in [-0.4, -0.2) is 37.3 Å². The lowest BCUT2D eigenvalue weighted by Gasteiger charge is -2.27. The van der Waals surface area contributed by atoms with Crippen molar-refractivity contribution < 1.29 is 14.3 Å². The average Bonchev–Trinajstić information content (AvgIpc) is 3.57. The zero-order valence-electron chi connectivity index (χ0n) is 23.3. The molecule has 1 aromatic heterocycles. The number of aryl methyl sites for hydroxylation is 1. The highest BCUT2D eigenvalue weighted by Gasteiger charge is 2.36. The number of aromatic nitrogens is 1. The van der Waals surface area contributed by atoms with Gasteiger partial charge in [-0.05, 0) is 80.6 Å². The molecule has 0 spiro atoms. The van der Waals surface area contributed by atoms with Gasteiger partial charge in [0.15, 0.2) is 4.80 Å². The Kier molecular flexibility index (Phi) is 8.61. The Bertz CT molecular complexity index is 1650. The third-order valence-electron chi connectivity index (χ3n) is 7.34. The molecule has 2 aliphatic heterocycles. The number of carbonyl (C=O) groups is 1. The molecule has 40 heavy (non-hydrogen) atoms. The van der Waals surface area contributed by atoms with E-state index in [0.29, 0.717) is 38.3 Å². The second kappa shape index (κ2) is 12.1. The van der Waals surface area contributed by atoms with Crippen molar-refractivity contribution in [2.24, 2.45) is 4.99 Å². The minimum absolute atomic E-state index is 0.200. The summed E-state index contributed by atoms with van der Waals surface area (Å²) in [5, 5.41) is 0. The van der Waals surface area contributed by atoms with Crippen LogP contribution in [0.15, 0.2) is 61.9 Å². The molecule has 0 saturated carbocycles. The van der Waals surface area contributed by atoms with Gasteiger partial charge in [0.05, 0.1) is 29.5 Å². The van der Waals surface area contributed by atoms with E-state index in [-0.39, 0.29) is 12.2 Å². The Balaban J connectivity index is 1.71. The summed E-state index contributed by atoms with van der Waals surface area (Å²) in [4.78, 5) is 35.4. The van der Waals surface area contributed by atoms with Crippen molar-refractivity contribution in [1.29, 1.82) is 0 Å². The van der Waals surface area contributed by atoms with Crippen LogP contribution in [0, 0.1) is 6.92 Å². The minimum Gasteiger partial charge on any atom is -0.496 e. The first kappa shape index (κ1) is 28.4. The highest BCUT2D eigenvalue weighted by Crippen LogP contribution is 2.38. The van der Waals surface area contributed by atoms with Crippen molar-refractivity contribution in [2.45, 2.75) is 52.5 Å². The van der Waals surface area contributed by atoms with Gasteiger partial charge in [0.2, 0.25) is 0 Å². The molecule has 0 bridgehead atoms. The molecule has 2 aromatic carbocycles. The molecule has 0 aliphatic carbocycles. The Morgan fingerprint density at radius 3 is 2.62 bits per heavy atom. The van der Waals surface area contributed by atoms with E-state index < -0.39 is 12.0 Å². The van der Waals surface area contributed by atoms with Crippen LogP contribution in [0.25, 0.3) is 6.08 Å². The molecule has 2 aliphatic rings. The maximum Gasteiger partial charge on any atom is 0.338 e. The lowest BCUT2D eigenvalue weighted by Crippen LogP contribution is -2.40. The molecule has 3 aromatic rings. The van der Waals surface area contributed by atoms with E-state index in [2.05, 4.69) is 46.0 Å². The molecule has 1 saturated heterocycles. The normalized spacial score (nSPS) is 17.2. The van der Waals surface area contributed by atoms with Gasteiger partial charge in [-0.3, -0.25) is 9.36 Å². The molecule has 0 amide bonds. The van der Waals surface area contributed by atoms with Gasteiger partial charge in [0.1, 0.15) is 11.8 Å². The van der Waals surface area contributed by atoms with Crippen LogP contribution in [0.4, 0.5) is 5.69 Å². The molecule has 3 heterocycles. The van der Waals surface area contributed by atoms with Crippen LogP contribution in [0.5, 0.6) is 5.75 Å². The minimum atomic E-state index is -0.731. The van der Waals surface area contributed by atoms with Crippen molar-refractivity contribution in [2.75, 3.05) is 31.7 Å². The van der Waals surface area contributed by atoms with E-state index in [1.54, 1.807) is 18.6 Å². The number of thiazole rings is 1. The van der Waals surface area contributed by atoms with E-state index in [4.69, 9.17) is 14.5 Å². The predicted octanol–water partition coefficient (Wildman–Crippen LogP) is 5.26. The molecule has 210 valence electrons. The Morgan fingerprint density at radius 2 is 1.95 bits per heavy atom. The van der Waals surface area contributed by atoms with Crippen molar-refractivity contribution >= 4 is 45.0 Å². The number of halogens is 1. The van der Waals surface area contributed by atoms with E-state index in [1.165, 1.54) is 35.4 Å². The molecule has 7 nitrogen and oxygen atoms in total. The molecule has 9 heteroatoms. The number of rotatable bonds is 8. The number of carbonyl (C=O) groups excluding carboxylic acids is 1. The number of allylic oxidation sites excluding steroid dienone is 1. The lowest BCUT2D eigenvalue weighted by atomic mass is 9.93. The first-order valence-electron chi connectivity index (χ1n) is 13.8. The summed E-state index contributed by atoms with van der Waals surface area (Å²) in [6, 6.07) is 11.2. The monoisotopic (exact) mass is 623 g/mol. The maximum atomic E-state index is 14.1. The van der Waals surface area contributed by atoms with Gasteiger partial charge in [-0.1, -0.05) is 46.7 Å². The summed E-state index contributed by atoms with van der Waals surface area (Å²) < 4.78 is 14.2. The fourth-order valence-corrected chi connectivity index (χ4v) is 6.97. The summed E-state index contributed by atoms with van der Waals surface area (Å²) in [5.74, 6) is 0.111. The van der Waals surface area contributed by atoms with Gasteiger partial charge in [0, 0.05) is 28.8 Å². The van der Waals surface area contributed by atoms with Gasteiger partial charge in [-0.25, -0.2) is 9.79 Å². The second-order valence-electron chi connectivity index (χ2n) is 10.0. The zero-order chi connectivity index (χ0) is 28.4. The third-order valence-corrected chi connectivity index (χ3v) is 8.82. The number of anilines is 1. The van der Waals surface area contributed by atoms with Crippen LogP contribution < -0.4 is 24.5 Å².